The van der Waals surface area contributed by atoms with Crippen LogP contribution in [0.2, 0.25) is 5.02 Å². The van der Waals surface area contributed by atoms with Gasteiger partial charge < -0.3 is 9.84 Å². The summed E-state index contributed by atoms with van der Waals surface area (Å²) in [6.45, 7) is 10.5. The summed E-state index contributed by atoms with van der Waals surface area (Å²) in [6.07, 6.45) is 9.85. The summed E-state index contributed by atoms with van der Waals surface area (Å²) in [5.74, 6) is 0.245. The zero-order valence-corrected chi connectivity index (χ0v) is 18.4. The Hall–Kier alpha value is -2.14. The van der Waals surface area contributed by atoms with Gasteiger partial charge in [0.15, 0.2) is 11.2 Å². The van der Waals surface area contributed by atoms with Gasteiger partial charge in [0.1, 0.15) is 11.4 Å². The van der Waals surface area contributed by atoms with Crippen molar-refractivity contribution in [3.8, 4) is 5.75 Å². The number of hydrogen-bond acceptors (Lipinski definition) is 3. The van der Waals surface area contributed by atoms with Crippen LogP contribution >= 0.6 is 27.5 Å². The van der Waals surface area contributed by atoms with E-state index in [0.29, 0.717) is 28.5 Å². The molecular formula is C24H21BrClNO2. The van der Waals surface area contributed by atoms with Crippen molar-refractivity contribution < 1.29 is 9.84 Å². The second kappa shape index (κ2) is 7.28. The van der Waals surface area contributed by atoms with Crippen LogP contribution in [0.25, 0.3) is 0 Å². The summed E-state index contributed by atoms with van der Waals surface area (Å²) < 4.78 is 7.50. The van der Waals surface area contributed by atoms with E-state index < -0.39 is 11.2 Å². The highest BCUT2D eigenvalue weighted by Gasteiger charge is 2.71. The largest absolute Gasteiger partial charge is 0.476 e. The molecule has 1 aliphatic carbocycles. The van der Waals surface area contributed by atoms with E-state index in [4.69, 9.17) is 16.3 Å². The predicted molar refractivity (Wildman–Crippen MR) is 120 cm³/mol. The number of hydrogen-bond donors (Lipinski definition) is 1. The van der Waals surface area contributed by atoms with Crippen molar-refractivity contribution in [1.82, 2.24) is 4.98 Å². The van der Waals surface area contributed by atoms with Gasteiger partial charge in [-0.05, 0) is 42.2 Å². The average Bonchev–Trinajstić information content (AvgIpc) is 3.08. The summed E-state index contributed by atoms with van der Waals surface area (Å²) in [5.41, 5.74) is 0.177. The first-order chi connectivity index (χ1) is 13.8. The Morgan fingerprint density at radius 3 is 2.76 bits per heavy atom. The van der Waals surface area contributed by atoms with Gasteiger partial charge >= 0.3 is 0 Å². The maximum Gasteiger partial charge on any atom is 0.179 e. The fourth-order valence-electron chi connectivity index (χ4n) is 4.45. The minimum atomic E-state index is -1.48. The lowest BCUT2D eigenvalue weighted by atomic mass is 9.72. The second-order valence-corrected chi connectivity index (χ2v) is 8.73. The maximum atomic E-state index is 12.1. The molecule has 148 valence electrons. The minimum Gasteiger partial charge on any atom is -0.476 e. The molecule has 4 rings (SSSR count). The Kier molecular flexibility index (Phi) is 5.06. The molecule has 1 aliphatic heterocycles. The predicted octanol–water partition coefficient (Wildman–Crippen LogP) is 6.24. The number of rotatable bonds is 4. The molecule has 0 amide bonds. The number of benzene rings is 1. The number of aliphatic hydroxyl groups is 1. The normalized spacial score (nSPS) is 28.0. The molecule has 0 unspecified atom stereocenters. The summed E-state index contributed by atoms with van der Waals surface area (Å²) in [7, 11) is 0. The van der Waals surface area contributed by atoms with E-state index in [0.717, 1.165) is 15.6 Å². The average molecular weight is 471 g/mol. The van der Waals surface area contributed by atoms with Crippen LogP contribution in [0.15, 0.2) is 89.6 Å². The Morgan fingerprint density at radius 1 is 1.34 bits per heavy atom. The SMILES string of the molecule is C=C(/C=C\C=C/C)[C@@H]1CC(=C)[C@@]2(O)c3ncc(Cl)cc3O[C@@]12c1ccc(Br)cc1. The van der Waals surface area contributed by atoms with Crippen LogP contribution in [0.3, 0.4) is 0 Å². The number of pyridine rings is 1. The lowest BCUT2D eigenvalue weighted by molar-refractivity contribution is -0.0961. The van der Waals surface area contributed by atoms with Crippen LogP contribution in [0.4, 0.5) is 0 Å². The third kappa shape index (κ3) is 2.85. The molecule has 29 heavy (non-hydrogen) atoms. The zero-order valence-electron chi connectivity index (χ0n) is 16.0. The van der Waals surface area contributed by atoms with Crippen LogP contribution in [-0.2, 0) is 11.2 Å². The molecular weight excluding hydrogens is 450 g/mol. The van der Waals surface area contributed by atoms with E-state index in [9.17, 15) is 5.11 Å². The lowest BCUT2D eigenvalue weighted by Gasteiger charge is -2.39. The Morgan fingerprint density at radius 2 is 2.07 bits per heavy atom. The van der Waals surface area contributed by atoms with E-state index in [1.807, 2.05) is 55.5 Å². The molecule has 1 fully saturated rings. The van der Waals surface area contributed by atoms with E-state index in [2.05, 4.69) is 34.1 Å². The fraction of sp³-hybridized carbons (Fsp3) is 0.208. The smallest absolute Gasteiger partial charge is 0.179 e. The van der Waals surface area contributed by atoms with Gasteiger partial charge in [-0.2, -0.15) is 0 Å². The molecule has 1 aromatic heterocycles. The first kappa shape index (κ1) is 20.1. The molecule has 0 saturated heterocycles. The summed E-state index contributed by atoms with van der Waals surface area (Å²) >= 11 is 9.65. The Bertz CT molecular complexity index is 1060. The highest BCUT2D eigenvalue weighted by atomic mass is 79.9. The van der Waals surface area contributed by atoms with E-state index in [1.54, 1.807) is 6.07 Å². The number of allylic oxidation sites excluding steroid dienone is 4. The topological polar surface area (TPSA) is 42.4 Å². The minimum absolute atomic E-state index is 0.226. The standard InChI is InChI=1S/C24H21BrClNO2/c1-4-5-6-7-15(2)20-12-16(3)23(28)22-21(13-19(26)14-27-22)29-24(20,23)17-8-10-18(25)11-9-17/h4-11,13-14,20,28H,2-3,12H2,1H3/b5-4-,7-6-/t20-,23+,24-/m0/s1. The van der Waals surface area contributed by atoms with Crippen molar-refractivity contribution >= 4 is 27.5 Å². The summed E-state index contributed by atoms with van der Waals surface area (Å²) in [6, 6.07) is 9.49. The number of nitrogens with zero attached hydrogens (tertiary/aromatic N) is 1. The molecule has 0 spiro atoms. The highest BCUT2D eigenvalue weighted by molar-refractivity contribution is 9.10. The van der Waals surface area contributed by atoms with Crippen LogP contribution in [0.5, 0.6) is 5.75 Å². The Labute approximate surface area is 184 Å². The number of halogens is 2. The van der Waals surface area contributed by atoms with Crippen LogP contribution in [0, 0.1) is 5.92 Å². The molecule has 1 aromatic carbocycles. The molecule has 0 bridgehead atoms. The monoisotopic (exact) mass is 469 g/mol. The highest BCUT2D eigenvalue weighted by Crippen LogP contribution is 2.66. The van der Waals surface area contributed by atoms with Gasteiger partial charge in [0, 0.05) is 22.7 Å². The van der Waals surface area contributed by atoms with Gasteiger partial charge in [-0.1, -0.05) is 77.1 Å². The van der Waals surface area contributed by atoms with E-state index in [-0.39, 0.29) is 5.92 Å². The number of ether oxygens (including phenoxy) is 1. The molecule has 2 aromatic rings. The van der Waals surface area contributed by atoms with Crippen LogP contribution in [0.1, 0.15) is 24.6 Å². The second-order valence-electron chi connectivity index (χ2n) is 7.38. The summed E-state index contributed by atoms with van der Waals surface area (Å²) in [4.78, 5) is 4.45. The molecule has 3 nitrogen and oxygen atoms in total. The van der Waals surface area contributed by atoms with Crippen molar-refractivity contribution in [2.24, 2.45) is 5.92 Å². The van der Waals surface area contributed by atoms with Crippen molar-refractivity contribution in [1.29, 1.82) is 0 Å². The van der Waals surface area contributed by atoms with Crippen molar-refractivity contribution in [2.45, 2.75) is 24.5 Å². The maximum absolute atomic E-state index is 12.1. The third-order valence-corrected chi connectivity index (χ3v) is 6.49. The third-order valence-electron chi connectivity index (χ3n) is 5.76. The Balaban J connectivity index is 1.95. The first-order valence-electron chi connectivity index (χ1n) is 9.34. The van der Waals surface area contributed by atoms with Crippen molar-refractivity contribution in [3.05, 3.63) is 106 Å². The number of aromatic nitrogens is 1. The molecule has 1 saturated carbocycles. The first-order valence-corrected chi connectivity index (χ1v) is 10.5. The van der Waals surface area contributed by atoms with Crippen molar-refractivity contribution in [3.63, 3.8) is 0 Å². The van der Waals surface area contributed by atoms with Crippen LogP contribution in [-0.4, -0.2) is 10.1 Å². The lowest BCUT2D eigenvalue weighted by Crippen LogP contribution is -2.49. The number of fused-ring (bicyclic) bond motifs is 3. The van der Waals surface area contributed by atoms with Gasteiger partial charge in [0.25, 0.3) is 0 Å². The van der Waals surface area contributed by atoms with Gasteiger partial charge in [0.05, 0.1) is 5.02 Å². The van der Waals surface area contributed by atoms with Gasteiger partial charge in [-0.25, -0.2) is 0 Å². The summed E-state index contributed by atoms with van der Waals surface area (Å²) in [5, 5.41) is 12.5. The molecule has 5 heteroatoms. The van der Waals surface area contributed by atoms with Crippen molar-refractivity contribution in [2.75, 3.05) is 0 Å². The molecule has 2 heterocycles. The van der Waals surface area contributed by atoms with Gasteiger partial charge in [-0.15, -0.1) is 0 Å². The van der Waals surface area contributed by atoms with Gasteiger partial charge in [0.2, 0.25) is 0 Å². The van der Waals surface area contributed by atoms with E-state index >= 15 is 0 Å². The quantitative estimate of drug-likeness (QED) is 0.425. The molecule has 3 atom stereocenters. The fourth-order valence-corrected chi connectivity index (χ4v) is 4.86. The van der Waals surface area contributed by atoms with E-state index in [1.165, 1.54) is 6.20 Å². The van der Waals surface area contributed by atoms with Gasteiger partial charge in [-0.3, -0.25) is 4.98 Å². The molecule has 2 aliphatic rings. The zero-order chi connectivity index (χ0) is 20.8. The molecule has 0 radical (unpaired) electrons. The molecule has 1 N–H and O–H groups in total. The van der Waals surface area contributed by atoms with Crippen LogP contribution < -0.4 is 4.74 Å².